The van der Waals surface area contributed by atoms with Crippen LogP contribution in [-0.4, -0.2) is 33.1 Å². The summed E-state index contributed by atoms with van der Waals surface area (Å²) in [6.45, 7) is 0.456. The van der Waals surface area contributed by atoms with Crippen molar-refractivity contribution in [2.24, 2.45) is 4.99 Å². The van der Waals surface area contributed by atoms with Crippen molar-refractivity contribution in [3.05, 3.63) is 71.9 Å². The summed E-state index contributed by atoms with van der Waals surface area (Å²) in [7, 11) is -3.67. The van der Waals surface area contributed by atoms with Crippen LogP contribution in [-0.2, 0) is 16.4 Å². The Labute approximate surface area is 164 Å². The highest BCUT2D eigenvalue weighted by atomic mass is 32.2. The molecule has 0 fully saturated rings. The van der Waals surface area contributed by atoms with Crippen molar-refractivity contribution in [2.45, 2.75) is 30.2 Å². The summed E-state index contributed by atoms with van der Waals surface area (Å²) >= 11 is 0. The van der Waals surface area contributed by atoms with Crippen molar-refractivity contribution in [1.29, 1.82) is 0 Å². The van der Waals surface area contributed by atoms with E-state index in [4.69, 9.17) is 0 Å². The van der Waals surface area contributed by atoms with Gasteiger partial charge < -0.3 is 5.32 Å². The van der Waals surface area contributed by atoms with Gasteiger partial charge in [0.25, 0.3) is 15.9 Å². The molecular weight excluding hydrogens is 374 g/mol. The largest absolute Gasteiger partial charge is 0.345 e. The zero-order valence-corrected chi connectivity index (χ0v) is 16.1. The minimum Gasteiger partial charge on any atom is -0.345 e. The van der Waals surface area contributed by atoms with Gasteiger partial charge in [-0.3, -0.25) is 14.1 Å². The number of aryl methyl sites for hydroxylation is 1. The van der Waals surface area contributed by atoms with Crippen LogP contribution >= 0.6 is 0 Å². The number of fused-ring (bicyclic) bond motifs is 1. The van der Waals surface area contributed by atoms with E-state index >= 15 is 0 Å². The van der Waals surface area contributed by atoms with E-state index in [-0.39, 0.29) is 16.8 Å². The quantitative estimate of drug-likeness (QED) is 0.865. The number of sulfonamides is 1. The first-order chi connectivity index (χ1) is 13.6. The van der Waals surface area contributed by atoms with Crippen LogP contribution in [0.3, 0.4) is 0 Å². The number of amides is 1. The molecule has 1 N–H and O–H groups in total. The molecule has 1 atom stereocenters. The summed E-state index contributed by atoms with van der Waals surface area (Å²) < 4.78 is 27.8. The van der Waals surface area contributed by atoms with Gasteiger partial charge in [0.2, 0.25) is 0 Å². The van der Waals surface area contributed by atoms with E-state index in [2.05, 4.69) is 10.3 Å². The molecule has 2 aromatic carbocycles. The lowest BCUT2D eigenvalue weighted by atomic mass is 10.0. The SMILES string of the molecule is O=C(NC1C=CN=CC1)c1ccc(S(=O)(=O)N2CCCc3ccccc32)cc1. The van der Waals surface area contributed by atoms with Crippen LogP contribution < -0.4 is 9.62 Å². The first-order valence-corrected chi connectivity index (χ1v) is 10.7. The van der Waals surface area contributed by atoms with Crippen LogP contribution in [0.15, 0.2) is 70.7 Å². The van der Waals surface area contributed by atoms with Gasteiger partial charge in [-0.05, 0) is 54.8 Å². The van der Waals surface area contributed by atoms with Gasteiger partial charge in [-0.25, -0.2) is 8.42 Å². The van der Waals surface area contributed by atoms with Gasteiger partial charge in [-0.2, -0.15) is 0 Å². The maximum Gasteiger partial charge on any atom is 0.264 e. The molecule has 144 valence electrons. The average Bonchev–Trinajstić information content (AvgIpc) is 2.74. The van der Waals surface area contributed by atoms with Gasteiger partial charge in [0.1, 0.15) is 0 Å². The lowest BCUT2D eigenvalue weighted by Gasteiger charge is -2.30. The highest BCUT2D eigenvalue weighted by Gasteiger charge is 2.29. The first kappa shape index (κ1) is 18.4. The maximum absolute atomic E-state index is 13.1. The van der Waals surface area contributed by atoms with Gasteiger partial charge >= 0.3 is 0 Å². The second-order valence-electron chi connectivity index (χ2n) is 6.82. The van der Waals surface area contributed by atoms with E-state index in [0.29, 0.717) is 18.5 Å². The van der Waals surface area contributed by atoms with E-state index in [1.54, 1.807) is 24.5 Å². The summed E-state index contributed by atoms with van der Waals surface area (Å²) in [5, 5.41) is 2.89. The lowest BCUT2D eigenvalue weighted by molar-refractivity contribution is 0.0945. The molecule has 0 aliphatic carbocycles. The predicted octanol–water partition coefficient (Wildman–Crippen LogP) is 2.91. The number of nitrogens with one attached hydrogen (secondary N) is 1. The minimum absolute atomic E-state index is 0.0988. The molecule has 0 bridgehead atoms. The lowest BCUT2D eigenvalue weighted by Crippen LogP contribution is -2.36. The zero-order chi connectivity index (χ0) is 19.6. The molecule has 0 saturated carbocycles. The topological polar surface area (TPSA) is 78.8 Å². The van der Waals surface area contributed by atoms with Crippen molar-refractivity contribution < 1.29 is 13.2 Å². The molecule has 2 aliphatic heterocycles. The molecule has 6 nitrogen and oxygen atoms in total. The van der Waals surface area contributed by atoms with Crippen LogP contribution in [0.4, 0.5) is 5.69 Å². The van der Waals surface area contributed by atoms with Crippen molar-refractivity contribution >= 4 is 27.8 Å². The monoisotopic (exact) mass is 395 g/mol. The molecule has 2 heterocycles. The summed E-state index contributed by atoms with van der Waals surface area (Å²) in [5.41, 5.74) is 2.20. The van der Waals surface area contributed by atoms with Gasteiger partial charge in [0.15, 0.2) is 0 Å². The van der Waals surface area contributed by atoms with E-state index < -0.39 is 10.0 Å². The molecule has 1 unspecified atom stereocenters. The molecular formula is C21H21N3O3S. The number of para-hydroxylation sites is 1. The Morgan fingerprint density at radius 2 is 1.89 bits per heavy atom. The highest BCUT2D eigenvalue weighted by molar-refractivity contribution is 7.92. The smallest absolute Gasteiger partial charge is 0.264 e. The third-order valence-electron chi connectivity index (χ3n) is 4.96. The van der Waals surface area contributed by atoms with Gasteiger partial charge in [0.05, 0.1) is 16.6 Å². The average molecular weight is 395 g/mol. The molecule has 0 saturated heterocycles. The third-order valence-corrected chi connectivity index (χ3v) is 6.79. The van der Waals surface area contributed by atoms with Gasteiger partial charge in [0, 0.05) is 30.9 Å². The predicted molar refractivity (Wildman–Crippen MR) is 109 cm³/mol. The first-order valence-electron chi connectivity index (χ1n) is 9.25. The summed E-state index contributed by atoms with van der Waals surface area (Å²) in [4.78, 5) is 16.6. The summed E-state index contributed by atoms with van der Waals surface area (Å²) in [5.74, 6) is -0.239. The van der Waals surface area contributed by atoms with E-state index in [1.807, 2.05) is 30.3 Å². The number of hydrogen-bond acceptors (Lipinski definition) is 4. The molecule has 0 aromatic heterocycles. The van der Waals surface area contributed by atoms with E-state index in [0.717, 1.165) is 24.1 Å². The fourth-order valence-corrected chi connectivity index (χ4v) is 5.02. The molecule has 0 radical (unpaired) electrons. The van der Waals surface area contributed by atoms with Gasteiger partial charge in [-0.1, -0.05) is 18.2 Å². The standard InChI is InChI=1S/C21H21N3O3S/c25-21(23-18-11-13-22-14-12-18)17-7-9-19(10-8-17)28(26,27)24-15-3-5-16-4-1-2-6-20(16)24/h1-2,4,6-11,13-14,18H,3,5,12,15H2,(H,23,25). The number of nitrogens with zero attached hydrogens (tertiary/aromatic N) is 2. The number of aliphatic imine (C=N–C) groups is 1. The molecule has 1 amide bonds. The fraction of sp³-hybridized carbons (Fsp3) is 0.238. The third kappa shape index (κ3) is 3.57. The minimum atomic E-state index is -3.67. The second-order valence-corrected chi connectivity index (χ2v) is 8.68. The Kier molecular flexibility index (Phi) is 5.00. The number of carbonyl (C=O) groups is 1. The van der Waals surface area contributed by atoms with Crippen LogP contribution in [0.2, 0.25) is 0 Å². The van der Waals surface area contributed by atoms with Crippen LogP contribution in [0.1, 0.15) is 28.8 Å². The Morgan fingerprint density at radius 1 is 1.11 bits per heavy atom. The zero-order valence-electron chi connectivity index (χ0n) is 15.3. The highest BCUT2D eigenvalue weighted by Crippen LogP contribution is 2.31. The Bertz CT molecular complexity index is 1040. The second kappa shape index (κ2) is 7.59. The molecule has 4 rings (SSSR count). The number of benzene rings is 2. The van der Waals surface area contributed by atoms with Crippen molar-refractivity contribution in [2.75, 3.05) is 10.8 Å². The van der Waals surface area contributed by atoms with E-state index in [1.165, 1.54) is 16.4 Å². The van der Waals surface area contributed by atoms with E-state index in [9.17, 15) is 13.2 Å². The number of carbonyl (C=O) groups excluding carboxylic acids is 1. The molecule has 0 spiro atoms. The van der Waals surface area contributed by atoms with Crippen molar-refractivity contribution in [1.82, 2.24) is 5.32 Å². The summed E-state index contributed by atoms with van der Waals surface area (Å²) in [6.07, 6.45) is 7.53. The Balaban J connectivity index is 1.54. The Morgan fingerprint density at radius 3 is 2.64 bits per heavy atom. The fourth-order valence-electron chi connectivity index (χ4n) is 3.48. The number of anilines is 1. The maximum atomic E-state index is 13.1. The van der Waals surface area contributed by atoms with Crippen molar-refractivity contribution in [3.63, 3.8) is 0 Å². The molecule has 2 aliphatic rings. The van der Waals surface area contributed by atoms with Crippen LogP contribution in [0, 0.1) is 0 Å². The van der Waals surface area contributed by atoms with Crippen LogP contribution in [0.5, 0.6) is 0 Å². The molecule has 28 heavy (non-hydrogen) atoms. The molecule has 7 heteroatoms. The molecule has 2 aromatic rings. The Hall–Kier alpha value is -2.93. The normalized spacial score (nSPS) is 18.6. The van der Waals surface area contributed by atoms with Crippen LogP contribution in [0.25, 0.3) is 0 Å². The van der Waals surface area contributed by atoms with Crippen molar-refractivity contribution in [3.8, 4) is 0 Å². The number of hydrogen-bond donors (Lipinski definition) is 1. The number of rotatable bonds is 4. The summed E-state index contributed by atoms with van der Waals surface area (Å²) in [6, 6.07) is 13.6. The van der Waals surface area contributed by atoms with Gasteiger partial charge in [-0.15, -0.1) is 0 Å².